The summed E-state index contributed by atoms with van der Waals surface area (Å²) in [5.41, 5.74) is 1.74. The molecule has 0 radical (unpaired) electrons. The predicted molar refractivity (Wildman–Crippen MR) is 68.7 cm³/mol. The zero-order valence-corrected chi connectivity index (χ0v) is 10.5. The molecule has 2 aromatic heterocycles. The zero-order valence-electron chi connectivity index (χ0n) is 10.5. The number of tetrazole rings is 1. The molecule has 0 N–H and O–H groups in total. The van der Waals surface area contributed by atoms with E-state index in [-0.39, 0.29) is 16.8 Å². The van der Waals surface area contributed by atoms with E-state index in [1.54, 1.807) is 6.07 Å². The average molecular weight is 255 g/mol. The van der Waals surface area contributed by atoms with Gasteiger partial charge in [0.25, 0.3) is 0 Å². The lowest BCUT2D eigenvalue weighted by Crippen LogP contribution is -2.07. The lowest BCUT2D eigenvalue weighted by atomic mass is 10.0. The van der Waals surface area contributed by atoms with Crippen molar-refractivity contribution in [2.24, 2.45) is 0 Å². The normalized spacial score (nSPS) is 11.3. The van der Waals surface area contributed by atoms with Crippen LogP contribution in [-0.2, 0) is 0 Å². The Morgan fingerprint density at radius 1 is 1.32 bits per heavy atom. The number of hydrogen-bond acceptors (Lipinski definition) is 5. The summed E-state index contributed by atoms with van der Waals surface area (Å²) in [6.45, 7) is 4.14. The Balaban J connectivity index is 2.28. The number of benzene rings is 1. The predicted octanol–water partition coefficient (Wildman–Crippen LogP) is 1.73. The molecule has 0 aliphatic rings. The number of rotatable bonds is 2. The second-order valence-electron chi connectivity index (χ2n) is 4.59. The Morgan fingerprint density at radius 3 is 2.84 bits per heavy atom. The second-order valence-corrected chi connectivity index (χ2v) is 4.59. The van der Waals surface area contributed by atoms with Crippen LogP contribution in [0, 0.1) is 0 Å². The van der Waals surface area contributed by atoms with Crippen molar-refractivity contribution in [3.63, 3.8) is 0 Å². The molecule has 0 aliphatic carbocycles. The maximum atomic E-state index is 12.4. The third-order valence-electron chi connectivity index (χ3n) is 3.02. The summed E-state index contributed by atoms with van der Waals surface area (Å²) in [5.74, 6) is 0.525. The molecule has 3 rings (SSSR count). The van der Waals surface area contributed by atoms with E-state index in [2.05, 4.69) is 34.5 Å². The Bertz CT molecular complexity index is 775. The molecule has 0 fully saturated rings. The molecule has 6 nitrogen and oxygen atoms in total. The van der Waals surface area contributed by atoms with Crippen molar-refractivity contribution in [3.8, 4) is 11.4 Å². The van der Waals surface area contributed by atoms with Crippen molar-refractivity contribution in [1.82, 2.24) is 20.6 Å². The maximum Gasteiger partial charge on any atom is 0.200 e. The first kappa shape index (κ1) is 11.6. The number of hydrogen-bond donors (Lipinski definition) is 0. The molecule has 1 aromatic carbocycles. The fraction of sp³-hybridized carbons (Fsp3) is 0.231. The molecule has 19 heavy (non-hydrogen) atoms. The molecule has 0 aliphatic heterocycles. The molecule has 3 aromatic rings. The largest absolute Gasteiger partial charge is 0.463 e. The summed E-state index contributed by atoms with van der Waals surface area (Å²) in [6, 6.07) is 5.61. The van der Waals surface area contributed by atoms with Crippen molar-refractivity contribution in [2.45, 2.75) is 19.8 Å². The fourth-order valence-corrected chi connectivity index (χ4v) is 1.91. The van der Waals surface area contributed by atoms with Crippen molar-refractivity contribution in [3.05, 3.63) is 40.2 Å². The lowest BCUT2D eigenvalue weighted by Gasteiger charge is -2.07. The smallest absolute Gasteiger partial charge is 0.200 e. The molecule has 0 bridgehead atoms. The highest BCUT2D eigenvalue weighted by molar-refractivity contribution is 5.81. The van der Waals surface area contributed by atoms with Gasteiger partial charge in [0, 0.05) is 5.82 Å². The van der Waals surface area contributed by atoms with Crippen molar-refractivity contribution >= 4 is 11.0 Å². The van der Waals surface area contributed by atoms with Gasteiger partial charge in [0.15, 0.2) is 0 Å². The van der Waals surface area contributed by atoms with Gasteiger partial charge in [-0.25, -0.2) is 0 Å². The zero-order chi connectivity index (χ0) is 13.4. The van der Waals surface area contributed by atoms with Crippen LogP contribution in [0.1, 0.15) is 25.3 Å². The molecule has 96 valence electrons. The SMILES string of the molecule is CC(C)c1ccc2occ(-c3nnn[n-]3)c(=O)c2c1. The molecule has 0 saturated carbocycles. The van der Waals surface area contributed by atoms with Gasteiger partial charge in [-0.1, -0.05) is 19.9 Å². The van der Waals surface area contributed by atoms with E-state index < -0.39 is 0 Å². The monoisotopic (exact) mass is 255 g/mol. The van der Waals surface area contributed by atoms with Gasteiger partial charge in [-0.3, -0.25) is 15.1 Å². The van der Waals surface area contributed by atoms with Crippen LogP contribution in [0.3, 0.4) is 0 Å². The van der Waals surface area contributed by atoms with Gasteiger partial charge in [0.2, 0.25) is 5.43 Å². The van der Waals surface area contributed by atoms with E-state index >= 15 is 0 Å². The molecular formula is C13H11N4O2-. The summed E-state index contributed by atoms with van der Waals surface area (Å²) in [7, 11) is 0. The second kappa shape index (κ2) is 4.31. The van der Waals surface area contributed by atoms with E-state index in [0.29, 0.717) is 16.9 Å². The fourth-order valence-electron chi connectivity index (χ4n) is 1.91. The van der Waals surface area contributed by atoms with Crippen LogP contribution >= 0.6 is 0 Å². The van der Waals surface area contributed by atoms with E-state index in [1.165, 1.54) is 6.26 Å². The average Bonchev–Trinajstić information content (AvgIpc) is 2.92. The first-order valence-electron chi connectivity index (χ1n) is 5.91. The van der Waals surface area contributed by atoms with E-state index in [9.17, 15) is 4.79 Å². The Kier molecular flexibility index (Phi) is 2.63. The van der Waals surface area contributed by atoms with Crippen molar-refractivity contribution in [1.29, 1.82) is 0 Å². The maximum absolute atomic E-state index is 12.4. The van der Waals surface area contributed by atoms with Crippen LogP contribution in [0.25, 0.3) is 22.4 Å². The molecule has 0 unspecified atom stereocenters. The van der Waals surface area contributed by atoms with Crippen LogP contribution in [0.15, 0.2) is 33.7 Å². The van der Waals surface area contributed by atoms with Crippen LogP contribution in [0.5, 0.6) is 0 Å². The minimum atomic E-state index is -0.168. The summed E-state index contributed by atoms with van der Waals surface area (Å²) in [5, 5.41) is 14.6. The van der Waals surface area contributed by atoms with E-state index in [4.69, 9.17) is 4.42 Å². The van der Waals surface area contributed by atoms with Crippen LogP contribution in [0.2, 0.25) is 0 Å². The summed E-state index contributed by atoms with van der Waals surface area (Å²) in [6.07, 6.45) is 1.35. The van der Waals surface area contributed by atoms with Crippen LogP contribution in [-0.4, -0.2) is 15.5 Å². The molecule has 6 heteroatoms. The molecule has 0 saturated heterocycles. The van der Waals surface area contributed by atoms with Gasteiger partial charge >= 0.3 is 0 Å². The van der Waals surface area contributed by atoms with Crippen molar-refractivity contribution < 1.29 is 4.42 Å². The third-order valence-corrected chi connectivity index (χ3v) is 3.02. The Hall–Kier alpha value is -2.50. The molecule has 0 spiro atoms. The van der Waals surface area contributed by atoms with Gasteiger partial charge in [0.1, 0.15) is 11.8 Å². The minimum absolute atomic E-state index is 0.168. The topological polar surface area (TPSA) is 83.0 Å². The van der Waals surface area contributed by atoms with E-state index in [0.717, 1.165) is 5.56 Å². The van der Waals surface area contributed by atoms with Crippen LogP contribution < -0.4 is 10.5 Å². The third kappa shape index (κ3) is 1.91. The standard InChI is InChI=1S/C13H11N4O2/c1-7(2)8-3-4-11-9(5-8)12(18)10(6-19-11)13-14-16-17-15-13/h3-7H,1-2H3/q-1. The number of fused-ring (bicyclic) bond motifs is 1. The Labute approximate surface area is 108 Å². The first-order chi connectivity index (χ1) is 9.16. The quantitative estimate of drug-likeness (QED) is 0.693. The van der Waals surface area contributed by atoms with Crippen LogP contribution in [0.4, 0.5) is 0 Å². The van der Waals surface area contributed by atoms with Gasteiger partial charge < -0.3 is 9.52 Å². The minimum Gasteiger partial charge on any atom is -0.463 e. The number of nitrogens with zero attached hydrogens (tertiary/aromatic N) is 4. The highest BCUT2D eigenvalue weighted by atomic mass is 16.3. The van der Waals surface area contributed by atoms with Gasteiger partial charge in [-0.05, 0) is 23.6 Å². The van der Waals surface area contributed by atoms with E-state index in [1.807, 2.05) is 12.1 Å². The first-order valence-corrected chi connectivity index (χ1v) is 5.91. The lowest BCUT2D eigenvalue weighted by molar-refractivity contribution is 0.603. The van der Waals surface area contributed by atoms with Gasteiger partial charge in [0.05, 0.1) is 10.9 Å². The number of aromatic nitrogens is 4. The molecule has 0 atom stereocenters. The van der Waals surface area contributed by atoms with Gasteiger partial charge in [-0.2, -0.15) is 5.21 Å². The highest BCUT2D eigenvalue weighted by Crippen LogP contribution is 2.21. The Morgan fingerprint density at radius 2 is 2.16 bits per heavy atom. The summed E-state index contributed by atoms with van der Waals surface area (Å²) < 4.78 is 5.45. The highest BCUT2D eigenvalue weighted by Gasteiger charge is 2.10. The van der Waals surface area contributed by atoms with Gasteiger partial charge in [-0.15, -0.1) is 0 Å². The van der Waals surface area contributed by atoms with Crippen molar-refractivity contribution in [2.75, 3.05) is 0 Å². The summed E-state index contributed by atoms with van der Waals surface area (Å²) in [4.78, 5) is 12.4. The summed E-state index contributed by atoms with van der Waals surface area (Å²) >= 11 is 0. The molecule has 2 heterocycles. The molecular weight excluding hydrogens is 244 g/mol. The molecule has 0 amide bonds.